The van der Waals surface area contributed by atoms with Gasteiger partial charge in [0, 0.05) is 43.5 Å². The quantitative estimate of drug-likeness (QED) is 0.883. The Kier molecular flexibility index (Phi) is 4.98. The molecule has 1 aliphatic heterocycles. The highest BCUT2D eigenvalue weighted by atomic mass is 32.2. The van der Waals surface area contributed by atoms with E-state index in [-0.39, 0.29) is 11.9 Å². The van der Waals surface area contributed by atoms with Crippen molar-refractivity contribution in [1.29, 1.82) is 0 Å². The Hall–Kier alpha value is -2.48. The van der Waals surface area contributed by atoms with Gasteiger partial charge in [0.05, 0.1) is 11.1 Å². The minimum absolute atomic E-state index is 0.0982. The van der Waals surface area contributed by atoms with E-state index in [4.69, 9.17) is 0 Å². The lowest BCUT2D eigenvalue weighted by Crippen LogP contribution is -2.44. The van der Waals surface area contributed by atoms with Crippen LogP contribution in [0.3, 0.4) is 0 Å². The van der Waals surface area contributed by atoms with Crippen molar-refractivity contribution in [3.63, 3.8) is 0 Å². The summed E-state index contributed by atoms with van der Waals surface area (Å²) in [5.74, 6) is -0.205. The highest BCUT2D eigenvalue weighted by Crippen LogP contribution is 2.22. The van der Waals surface area contributed by atoms with Gasteiger partial charge in [-0.15, -0.1) is 0 Å². The van der Waals surface area contributed by atoms with Crippen LogP contribution in [0.4, 0.5) is 5.69 Å². The molecule has 1 fully saturated rings. The van der Waals surface area contributed by atoms with E-state index in [9.17, 15) is 13.2 Å². The van der Waals surface area contributed by atoms with Crippen molar-refractivity contribution in [1.82, 2.24) is 15.3 Å². The van der Waals surface area contributed by atoms with Gasteiger partial charge in [-0.2, -0.15) is 0 Å². The number of amides is 1. The molecule has 1 amide bonds. The number of aromatic nitrogens is 2. The molecule has 2 heterocycles. The third kappa shape index (κ3) is 4.33. The molecule has 8 heteroatoms. The van der Waals surface area contributed by atoms with E-state index >= 15 is 0 Å². The summed E-state index contributed by atoms with van der Waals surface area (Å²) in [6.07, 6.45) is 7.32. The summed E-state index contributed by atoms with van der Waals surface area (Å²) >= 11 is 0. The largest absolute Gasteiger partial charge is 0.371 e. The number of nitrogens with one attached hydrogen (secondary N) is 1. The number of piperidine rings is 1. The maximum absolute atomic E-state index is 12.1. The average Bonchev–Trinajstić information content (AvgIpc) is 2.62. The van der Waals surface area contributed by atoms with Gasteiger partial charge in [0.25, 0.3) is 5.91 Å². The van der Waals surface area contributed by atoms with E-state index in [2.05, 4.69) is 20.2 Å². The second kappa shape index (κ2) is 7.18. The smallest absolute Gasteiger partial charge is 0.271 e. The zero-order chi connectivity index (χ0) is 17.9. The van der Waals surface area contributed by atoms with Gasteiger partial charge in [0.2, 0.25) is 0 Å². The number of hydrogen-bond acceptors (Lipinski definition) is 6. The van der Waals surface area contributed by atoms with Crippen LogP contribution in [-0.4, -0.2) is 49.7 Å². The van der Waals surface area contributed by atoms with Gasteiger partial charge in [-0.1, -0.05) is 0 Å². The predicted molar refractivity (Wildman–Crippen MR) is 94.3 cm³/mol. The van der Waals surface area contributed by atoms with Gasteiger partial charge in [0.1, 0.15) is 5.69 Å². The number of benzene rings is 1. The Labute approximate surface area is 147 Å². The summed E-state index contributed by atoms with van der Waals surface area (Å²) in [4.78, 5) is 22.5. The Balaban J connectivity index is 1.56. The molecule has 25 heavy (non-hydrogen) atoms. The lowest BCUT2D eigenvalue weighted by molar-refractivity contribution is 0.0925. The third-order valence-electron chi connectivity index (χ3n) is 4.26. The molecule has 0 radical (unpaired) electrons. The van der Waals surface area contributed by atoms with Gasteiger partial charge in [0.15, 0.2) is 9.84 Å². The molecule has 1 N–H and O–H groups in total. The van der Waals surface area contributed by atoms with Crippen molar-refractivity contribution in [3.05, 3.63) is 48.5 Å². The first kappa shape index (κ1) is 17.3. The third-order valence-corrected chi connectivity index (χ3v) is 5.38. The zero-order valence-corrected chi connectivity index (χ0v) is 14.7. The number of anilines is 1. The average molecular weight is 360 g/mol. The molecular formula is C17H20N4O3S. The maximum atomic E-state index is 12.1. The molecule has 1 saturated heterocycles. The minimum Gasteiger partial charge on any atom is -0.371 e. The molecule has 7 nitrogen and oxygen atoms in total. The molecule has 132 valence electrons. The van der Waals surface area contributed by atoms with Crippen molar-refractivity contribution >= 4 is 21.4 Å². The van der Waals surface area contributed by atoms with Crippen LogP contribution in [0.2, 0.25) is 0 Å². The molecule has 0 aliphatic carbocycles. The lowest BCUT2D eigenvalue weighted by Gasteiger charge is -2.34. The summed E-state index contributed by atoms with van der Waals surface area (Å²) < 4.78 is 23.0. The molecule has 1 aliphatic rings. The van der Waals surface area contributed by atoms with Crippen molar-refractivity contribution in [2.75, 3.05) is 24.2 Å². The molecule has 1 aromatic heterocycles. The number of carbonyl (C=O) groups is 1. The van der Waals surface area contributed by atoms with Gasteiger partial charge >= 0.3 is 0 Å². The van der Waals surface area contributed by atoms with E-state index in [1.807, 2.05) is 12.1 Å². The molecule has 2 aromatic rings. The summed E-state index contributed by atoms with van der Waals surface area (Å²) in [5.41, 5.74) is 1.31. The molecular weight excluding hydrogens is 340 g/mol. The normalized spacial score (nSPS) is 15.8. The van der Waals surface area contributed by atoms with Gasteiger partial charge in [-0.25, -0.2) is 13.4 Å². The first-order chi connectivity index (χ1) is 11.9. The first-order valence-corrected chi connectivity index (χ1v) is 9.94. The molecule has 0 saturated carbocycles. The predicted octanol–water partition coefficient (Wildman–Crippen LogP) is 1.28. The topological polar surface area (TPSA) is 92.3 Å². The minimum atomic E-state index is -3.18. The van der Waals surface area contributed by atoms with Gasteiger partial charge in [-0.05, 0) is 37.1 Å². The van der Waals surface area contributed by atoms with Gasteiger partial charge in [-0.3, -0.25) is 9.78 Å². The number of nitrogens with zero attached hydrogens (tertiary/aromatic N) is 3. The lowest BCUT2D eigenvalue weighted by atomic mass is 10.0. The SMILES string of the molecule is CS(=O)(=O)c1ccc(N2CCC(NC(=O)c3cnccn3)CC2)cc1. The molecule has 0 bridgehead atoms. The van der Waals surface area contributed by atoms with Crippen LogP contribution in [0.1, 0.15) is 23.3 Å². The van der Waals surface area contributed by atoms with Crippen LogP contribution in [0.15, 0.2) is 47.8 Å². The summed E-state index contributed by atoms with van der Waals surface area (Å²) in [7, 11) is -3.18. The summed E-state index contributed by atoms with van der Waals surface area (Å²) in [6.45, 7) is 1.59. The Morgan fingerprint density at radius 3 is 2.40 bits per heavy atom. The van der Waals surface area contributed by atoms with Crippen molar-refractivity contribution in [2.24, 2.45) is 0 Å². The van der Waals surface area contributed by atoms with Crippen LogP contribution >= 0.6 is 0 Å². The highest BCUT2D eigenvalue weighted by Gasteiger charge is 2.22. The second-order valence-corrected chi connectivity index (χ2v) is 8.11. The molecule has 0 unspecified atom stereocenters. The van der Waals surface area contributed by atoms with E-state index in [0.717, 1.165) is 31.6 Å². The van der Waals surface area contributed by atoms with Crippen LogP contribution in [0.5, 0.6) is 0 Å². The maximum Gasteiger partial charge on any atom is 0.271 e. The van der Waals surface area contributed by atoms with E-state index in [0.29, 0.717) is 10.6 Å². The number of carbonyl (C=O) groups excluding carboxylic acids is 1. The molecule has 0 spiro atoms. The number of rotatable bonds is 4. The number of sulfone groups is 1. The van der Waals surface area contributed by atoms with Crippen LogP contribution < -0.4 is 10.2 Å². The fraction of sp³-hybridized carbons (Fsp3) is 0.353. The van der Waals surface area contributed by atoms with Crippen LogP contribution in [-0.2, 0) is 9.84 Å². The van der Waals surface area contributed by atoms with Crippen molar-refractivity contribution in [3.8, 4) is 0 Å². The van der Waals surface area contributed by atoms with Crippen LogP contribution in [0.25, 0.3) is 0 Å². The Bertz CT molecular complexity index is 830. The number of hydrogen-bond donors (Lipinski definition) is 1. The van der Waals surface area contributed by atoms with E-state index in [1.165, 1.54) is 24.8 Å². The standard InChI is InChI=1S/C17H20N4O3S/c1-25(23,24)15-4-2-14(3-5-15)21-10-6-13(7-11-21)20-17(22)16-12-18-8-9-19-16/h2-5,8-9,12-13H,6-7,10-11H2,1H3,(H,20,22). The molecule has 0 atom stereocenters. The van der Waals surface area contributed by atoms with Crippen LogP contribution in [0, 0.1) is 0 Å². The summed E-state index contributed by atoms with van der Waals surface area (Å²) in [6, 6.07) is 7.02. The highest BCUT2D eigenvalue weighted by molar-refractivity contribution is 7.90. The monoisotopic (exact) mass is 360 g/mol. The first-order valence-electron chi connectivity index (χ1n) is 8.05. The van der Waals surface area contributed by atoms with Crippen molar-refractivity contribution in [2.45, 2.75) is 23.8 Å². The second-order valence-electron chi connectivity index (χ2n) is 6.09. The zero-order valence-electron chi connectivity index (χ0n) is 13.9. The van der Waals surface area contributed by atoms with E-state index in [1.54, 1.807) is 12.1 Å². The Morgan fingerprint density at radius 1 is 1.16 bits per heavy atom. The fourth-order valence-corrected chi connectivity index (χ4v) is 3.49. The summed E-state index contributed by atoms with van der Waals surface area (Å²) in [5, 5.41) is 2.99. The Morgan fingerprint density at radius 2 is 1.84 bits per heavy atom. The van der Waals surface area contributed by atoms with Gasteiger partial charge < -0.3 is 10.2 Å². The molecule has 3 rings (SSSR count). The van der Waals surface area contributed by atoms with Crippen molar-refractivity contribution < 1.29 is 13.2 Å². The molecule has 1 aromatic carbocycles. The fourth-order valence-electron chi connectivity index (χ4n) is 2.86. The van der Waals surface area contributed by atoms with E-state index < -0.39 is 9.84 Å².